The number of hydrogen-bond donors (Lipinski definition) is 3. The number of hydrogen-bond acceptors (Lipinski definition) is 3. The molecule has 0 fully saturated rings. The summed E-state index contributed by atoms with van der Waals surface area (Å²) < 4.78 is 15.0. The van der Waals surface area contributed by atoms with Crippen molar-refractivity contribution in [3.8, 4) is 11.3 Å². The first kappa shape index (κ1) is 21.3. The molecule has 0 spiro atoms. The third-order valence-corrected chi connectivity index (χ3v) is 6.14. The van der Waals surface area contributed by atoms with E-state index >= 15 is 0 Å². The van der Waals surface area contributed by atoms with E-state index < -0.39 is 5.82 Å². The number of nitrogens with one attached hydrogen (secondary N) is 2. The highest BCUT2D eigenvalue weighted by molar-refractivity contribution is 9.10. The normalized spacial score (nSPS) is 11.2. The Morgan fingerprint density at radius 2 is 1.79 bits per heavy atom. The summed E-state index contributed by atoms with van der Waals surface area (Å²) in [5.41, 5.74) is 10.9. The summed E-state index contributed by atoms with van der Waals surface area (Å²) in [6.07, 6.45) is 1.85. The second-order valence-electron chi connectivity index (χ2n) is 7.81. The average Bonchev–Trinajstić information content (AvgIpc) is 3.25. The van der Waals surface area contributed by atoms with E-state index in [-0.39, 0.29) is 5.91 Å². The van der Waals surface area contributed by atoms with Crippen molar-refractivity contribution < 1.29 is 9.18 Å². The fourth-order valence-electron chi connectivity index (χ4n) is 3.90. The van der Waals surface area contributed by atoms with Gasteiger partial charge in [0.2, 0.25) is 0 Å². The lowest BCUT2D eigenvalue weighted by atomic mass is 10.0. The summed E-state index contributed by atoms with van der Waals surface area (Å²) >= 11 is 3.51. The largest absolute Gasteiger partial charge is 0.360 e. The Bertz CT molecular complexity index is 1490. The number of nitrogens with two attached hydrogens (primary N) is 1. The standard InChI is InChI=1S/C26H20BrFN4O/c27-17-5-8-23-20(9-17)22(14-30-23)25-11-21(19-7-6-18(28)10-24(19)32-25)26(33)31-13-16-3-1-15(12-29)2-4-16/h1-11,14,30H,12-13,29H2,(H,31,33). The molecule has 4 N–H and O–H groups in total. The van der Waals surface area contributed by atoms with Crippen molar-refractivity contribution in [1.29, 1.82) is 0 Å². The molecule has 2 aromatic heterocycles. The SMILES string of the molecule is NCc1ccc(CNC(=O)c2cc(-c3c[nH]c4ccc(Br)cc34)nc3cc(F)ccc23)cc1. The zero-order valence-corrected chi connectivity index (χ0v) is 19.1. The Labute approximate surface area is 198 Å². The number of amides is 1. The highest BCUT2D eigenvalue weighted by Crippen LogP contribution is 2.32. The quantitative estimate of drug-likeness (QED) is 0.289. The highest BCUT2D eigenvalue weighted by atomic mass is 79.9. The number of benzene rings is 3. The molecule has 0 radical (unpaired) electrons. The highest BCUT2D eigenvalue weighted by Gasteiger charge is 2.17. The van der Waals surface area contributed by atoms with Gasteiger partial charge in [0.05, 0.1) is 16.8 Å². The number of carbonyl (C=O) groups excluding carboxylic acids is 1. The summed E-state index contributed by atoms with van der Waals surface area (Å²) in [6.45, 7) is 0.837. The van der Waals surface area contributed by atoms with E-state index in [9.17, 15) is 9.18 Å². The van der Waals surface area contributed by atoms with Crippen LogP contribution in [0, 0.1) is 5.82 Å². The van der Waals surface area contributed by atoms with Crippen LogP contribution >= 0.6 is 15.9 Å². The smallest absolute Gasteiger partial charge is 0.252 e. The van der Waals surface area contributed by atoms with Gasteiger partial charge in [0.1, 0.15) is 5.82 Å². The fraction of sp³-hybridized carbons (Fsp3) is 0.0769. The maximum Gasteiger partial charge on any atom is 0.252 e. The number of aromatic amines is 1. The molecule has 0 saturated carbocycles. The number of pyridine rings is 1. The molecule has 5 nitrogen and oxygen atoms in total. The summed E-state index contributed by atoms with van der Waals surface area (Å²) in [6, 6.07) is 19.7. The Kier molecular flexibility index (Phi) is 5.66. The van der Waals surface area contributed by atoms with Gasteiger partial charge >= 0.3 is 0 Å². The van der Waals surface area contributed by atoms with Crippen molar-refractivity contribution in [2.75, 3.05) is 0 Å². The third-order valence-electron chi connectivity index (χ3n) is 5.65. The minimum absolute atomic E-state index is 0.251. The second kappa shape index (κ2) is 8.77. The first-order valence-electron chi connectivity index (χ1n) is 10.5. The van der Waals surface area contributed by atoms with Gasteiger partial charge in [-0.3, -0.25) is 4.79 Å². The van der Waals surface area contributed by atoms with Crippen molar-refractivity contribution in [3.05, 3.63) is 99.9 Å². The van der Waals surface area contributed by atoms with E-state index in [1.165, 1.54) is 12.1 Å². The van der Waals surface area contributed by atoms with Crippen molar-refractivity contribution >= 4 is 43.6 Å². The molecule has 0 unspecified atom stereocenters. The monoisotopic (exact) mass is 502 g/mol. The molecule has 7 heteroatoms. The van der Waals surface area contributed by atoms with Crippen molar-refractivity contribution in [3.63, 3.8) is 0 Å². The number of nitrogens with zero attached hydrogens (tertiary/aromatic N) is 1. The lowest BCUT2D eigenvalue weighted by Gasteiger charge is -2.11. The molecule has 0 bridgehead atoms. The second-order valence-corrected chi connectivity index (χ2v) is 8.73. The molecule has 0 atom stereocenters. The number of halogens is 2. The van der Waals surface area contributed by atoms with Gasteiger partial charge in [0.25, 0.3) is 5.91 Å². The van der Waals surface area contributed by atoms with Crippen LogP contribution in [0.25, 0.3) is 33.1 Å². The molecule has 5 rings (SSSR count). The third kappa shape index (κ3) is 4.25. The van der Waals surface area contributed by atoms with E-state index in [2.05, 4.69) is 31.2 Å². The van der Waals surface area contributed by atoms with Crippen LogP contribution in [0.2, 0.25) is 0 Å². The van der Waals surface area contributed by atoms with Gasteiger partial charge in [-0.25, -0.2) is 9.37 Å². The number of rotatable bonds is 5. The summed E-state index contributed by atoms with van der Waals surface area (Å²) in [7, 11) is 0. The maximum atomic E-state index is 14.0. The number of H-pyrrole nitrogens is 1. The number of aromatic nitrogens is 2. The Hall–Kier alpha value is -3.55. The summed E-state index contributed by atoms with van der Waals surface area (Å²) in [5.74, 6) is -0.653. The van der Waals surface area contributed by atoms with Crippen LogP contribution in [0.4, 0.5) is 4.39 Å². The van der Waals surface area contributed by atoms with Crippen LogP contribution in [0.1, 0.15) is 21.5 Å². The van der Waals surface area contributed by atoms with Crippen molar-refractivity contribution in [2.45, 2.75) is 13.1 Å². The Morgan fingerprint density at radius 1 is 1.00 bits per heavy atom. The van der Waals surface area contributed by atoms with Gasteiger partial charge in [-0.2, -0.15) is 0 Å². The fourth-order valence-corrected chi connectivity index (χ4v) is 4.26. The van der Waals surface area contributed by atoms with E-state index in [1.54, 1.807) is 12.1 Å². The van der Waals surface area contributed by atoms with Gasteiger partial charge in [0.15, 0.2) is 0 Å². The predicted octanol–water partition coefficient (Wildman–Crippen LogP) is 5.67. The predicted molar refractivity (Wildman–Crippen MR) is 132 cm³/mol. The van der Waals surface area contributed by atoms with Crippen LogP contribution in [0.15, 0.2) is 77.4 Å². The van der Waals surface area contributed by atoms with E-state index in [0.717, 1.165) is 32.1 Å². The molecule has 0 aliphatic carbocycles. The molecule has 0 aliphatic heterocycles. The van der Waals surface area contributed by atoms with Gasteiger partial charge in [-0.15, -0.1) is 0 Å². The van der Waals surface area contributed by atoms with Crippen LogP contribution < -0.4 is 11.1 Å². The summed E-state index contributed by atoms with van der Waals surface area (Å²) in [4.78, 5) is 21.1. The van der Waals surface area contributed by atoms with Gasteiger partial charge in [-0.1, -0.05) is 40.2 Å². The average molecular weight is 503 g/mol. The van der Waals surface area contributed by atoms with Crippen LogP contribution in [0.3, 0.4) is 0 Å². The molecule has 3 aromatic carbocycles. The van der Waals surface area contributed by atoms with E-state index in [0.29, 0.717) is 35.2 Å². The van der Waals surface area contributed by atoms with E-state index in [1.807, 2.05) is 48.7 Å². The van der Waals surface area contributed by atoms with Crippen LogP contribution in [0.5, 0.6) is 0 Å². The van der Waals surface area contributed by atoms with Crippen LogP contribution in [-0.4, -0.2) is 15.9 Å². The topological polar surface area (TPSA) is 83.8 Å². The van der Waals surface area contributed by atoms with E-state index in [4.69, 9.17) is 5.73 Å². The van der Waals surface area contributed by atoms with Gasteiger partial charge in [-0.05, 0) is 47.5 Å². The van der Waals surface area contributed by atoms with Gasteiger partial charge < -0.3 is 16.0 Å². The Balaban J connectivity index is 1.55. The molecule has 5 aromatic rings. The Morgan fingerprint density at radius 3 is 2.58 bits per heavy atom. The maximum absolute atomic E-state index is 14.0. The first-order chi connectivity index (χ1) is 16.0. The molecule has 0 aliphatic rings. The molecule has 164 valence electrons. The van der Waals surface area contributed by atoms with Crippen LogP contribution in [-0.2, 0) is 13.1 Å². The molecular formula is C26H20BrFN4O. The molecule has 2 heterocycles. The minimum atomic E-state index is -0.403. The number of carbonyl (C=O) groups is 1. The van der Waals surface area contributed by atoms with Crippen molar-refractivity contribution in [2.24, 2.45) is 5.73 Å². The summed E-state index contributed by atoms with van der Waals surface area (Å²) in [5, 5.41) is 4.52. The molecular weight excluding hydrogens is 483 g/mol. The molecule has 33 heavy (non-hydrogen) atoms. The lowest BCUT2D eigenvalue weighted by Crippen LogP contribution is -2.23. The lowest BCUT2D eigenvalue weighted by molar-refractivity contribution is 0.0952. The zero-order chi connectivity index (χ0) is 22.9. The van der Waals surface area contributed by atoms with Gasteiger partial charge in [0, 0.05) is 51.7 Å². The van der Waals surface area contributed by atoms with Crippen molar-refractivity contribution in [1.82, 2.24) is 15.3 Å². The molecule has 1 amide bonds. The molecule has 0 saturated heterocycles. The first-order valence-corrected chi connectivity index (χ1v) is 11.2. The number of fused-ring (bicyclic) bond motifs is 2. The zero-order valence-electron chi connectivity index (χ0n) is 17.5. The minimum Gasteiger partial charge on any atom is -0.360 e.